The molecule has 0 rings (SSSR count). The van der Waals surface area contributed by atoms with E-state index in [4.69, 9.17) is 0 Å². The van der Waals surface area contributed by atoms with E-state index in [0.717, 1.165) is 24.7 Å². The molecule has 0 unspecified atom stereocenters. The molecule has 19 heavy (non-hydrogen) atoms. The Labute approximate surface area is 120 Å². The van der Waals surface area contributed by atoms with Gasteiger partial charge in [-0.25, -0.2) is 0 Å². The molecule has 0 N–H and O–H groups in total. The molecule has 2 atom stereocenters. The third kappa shape index (κ3) is 17.4. The summed E-state index contributed by atoms with van der Waals surface area (Å²) in [6.45, 7) is 15.5. The molecule has 0 aromatic rings. The van der Waals surface area contributed by atoms with Crippen LogP contribution in [0.25, 0.3) is 0 Å². The van der Waals surface area contributed by atoms with Crippen LogP contribution in [-0.2, 0) is 0 Å². The largest absolute Gasteiger partial charge is 0.265 e. The van der Waals surface area contributed by atoms with Gasteiger partial charge in [0, 0.05) is 10.8 Å². The fraction of sp³-hybridized carbons (Fsp3) is 1.00. The van der Waals surface area contributed by atoms with Gasteiger partial charge in [-0.15, -0.1) is 0 Å². The van der Waals surface area contributed by atoms with E-state index < -0.39 is 0 Å². The minimum absolute atomic E-state index is 0.134. The third-order valence-corrected chi connectivity index (χ3v) is 3.36. The fourth-order valence-electron chi connectivity index (χ4n) is 2.22. The molecule has 0 spiro atoms. The molecule has 0 aromatic carbocycles. The van der Waals surface area contributed by atoms with Gasteiger partial charge in [0.05, 0.1) is 0 Å². The Morgan fingerprint density at radius 3 is 1.58 bits per heavy atom. The summed E-state index contributed by atoms with van der Waals surface area (Å²) in [5.41, 5.74) is 0. The lowest BCUT2D eigenvalue weighted by atomic mass is 9.95. The predicted octanol–water partition coefficient (Wildman–Crippen LogP) is 5.41. The first-order chi connectivity index (χ1) is 8.72. The van der Waals surface area contributed by atoms with Crippen molar-refractivity contribution in [1.82, 2.24) is 0 Å². The van der Waals surface area contributed by atoms with Crippen LogP contribution in [-0.4, -0.2) is 11.5 Å². The van der Waals surface area contributed by atoms with Gasteiger partial charge >= 0.3 is 0 Å². The van der Waals surface area contributed by atoms with Gasteiger partial charge in [-0.3, -0.25) is 10.1 Å². The van der Waals surface area contributed by atoms with Gasteiger partial charge in [0.15, 0.2) is 0 Å². The van der Waals surface area contributed by atoms with Gasteiger partial charge in [-0.1, -0.05) is 54.9 Å². The summed E-state index contributed by atoms with van der Waals surface area (Å²) < 4.78 is 0. The topological polar surface area (TPSA) is 43.1 Å². The minimum Gasteiger partial charge on any atom is -0.265 e. The second-order valence-electron chi connectivity index (χ2n) is 6.56. The van der Waals surface area contributed by atoms with Crippen molar-refractivity contribution in [3.63, 3.8) is 0 Å². The summed E-state index contributed by atoms with van der Waals surface area (Å²) in [6.07, 6.45) is 4.60. The second kappa shape index (κ2) is 12.4. The van der Waals surface area contributed by atoms with E-state index in [-0.39, 0.29) is 17.4 Å². The molecule has 0 saturated heterocycles. The van der Waals surface area contributed by atoms with Crippen LogP contribution in [0.5, 0.6) is 0 Å². The highest BCUT2D eigenvalue weighted by atomic mass is 16.6. The lowest BCUT2D eigenvalue weighted by Crippen LogP contribution is -2.15. The summed E-state index contributed by atoms with van der Waals surface area (Å²) in [4.78, 5) is 9.94. The molecule has 3 heteroatoms. The monoisotopic (exact) mass is 273 g/mol. The summed E-state index contributed by atoms with van der Waals surface area (Å²) in [5.74, 6) is 2.64. The first-order valence-corrected chi connectivity index (χ1v) is 7.84. The molecule has 3 nitrogen and oxygen atoms in total. The lowest BCUT2D eigenvalue weighted by Gasteiger charge is -2.11. The zero-order chi connectivity index (χ0) is 15.4. The molecule has 0 bridgehead atoms. The Bertz CT molecular complexity index is 215. The molecule has 0 aromatic heterocycles. The normalized spacial score (nSPS) is 13.9. The van der Waals surface area contributed by atoms with Crippen LogP contribution < -0.4 is 0 Å². The Morgan fingerprint density at radius 1 is 0.895 bits per heavy atom. The minimum atomic E-state index is -0.212. The maximum atomic E-state index is 10.2. The quantitative estimate of drug-likeness (QED) is 0.438. The van der Waals surface area contributed by atoms with E-state index >= 15 is 0 Å². The second-order valence-corrected chi connectivity index (χ2v) is 6.56. The van der Waals surface area contributed by atoms with Crippen LogP contribution in [0.3, 0.4) is 0 Å². The molecule has 0 aliphatic rings. The highest BCUT2D eigenvalue weighted by molar-refractivity contribution is 4.57. The SMILES string of the molecule is CC[C@H](C)CC(C)C.CC[C@H](CC(C)C)C[N+](=O)[O-]. The number of nitrogens with zero attached hydrogens (tertiary/aromatic N) is 1. The van der Waals surface area contributed by atoms with E-state index in [2.05, 4.69) is 41.5 Å². The van der Waals surface area contributed by atoms with Crippen molar-refractivity contribution in [2.24, 2.45) is 23.7 Å². The van der Waals surface area contributed by atoms with Crippen molar-refractivity contribution >= 4 is 0 Å². The van der Waals surface area contributed by atoms with E-state index in [9.17, 15) is 10.1 Å². The van der Waals surface area contributed by atoms with Gasteiger partial charge in [0.1, 0.15) is 0 Å². The summed E-state index contributed by atoms with van der Waals surface area (Å²) >= 11 is 0. The fourth-order valence-corrected chi connectivity index (χ4v) is 2.22. The van der Waals surface area contributed by atoms with Crippen molar-refractivity contribution in [1.29, 1.82) is 0 Å². The number of rotatable bonds is 8. The van der Waals surface area contributed by atoms with Crippen LogP contribution in [0.15, 0.2) is 0 Å². The molecule has 0 aliphatic heterocycles. The van der Waals surface area contributed by atoms with Gasteiger partial charge in [-0.05, 0) is 37.0 Å². The van der Waals surface area contributed by atoms with Crippen molar-refractivity contribution in [3.05, 3.63) is 10.1 Å². The van der Waals surface area contributed by atoms with Crippen molar-refractivity contribution < 1.29 is 4.92 Å². The molecule has 0 fully saturated rings. The average molecular weight is 273 g/mol. The maximum absolute atomic E-state index is 10.2. The first-order valence-electron chi connectivity index (χ1n) is 7.84. The summed E-state index contributed by atoms with van der Waals surface area (Å²) in [6, 6.07) is 0. The number of nitro groups is 1. The highest BCUT2D eigenvalue weighted by Gasteiger charge is 2.14. The lowest BCUT2D eigenvalue weighted by molar-refractivity contribution is -0.488. The van der Waals surface area contributed by atoms with Crippen molar-refractivity contribution in [3.8, 4) is 0 Å². The van der Waals surface area contributed by atoms with E-state index in [1.807, 2.05) is 6.92 Å². The van der Waals surface area contributed by atoms with Gasteiger partial charge in [0.25, 0.3) is 0 Å². The molecular weight excluding hydrogens is 238 g/mol. The van der Waals surface area contributed by atoms with Gasteiger partial charge in [-0.2, -0.15) is 0 Å². The van der Waals surface area contributed by atoms with E-state index in [0.29, 0.717) is 5.92 Å². The molecule has 0 amide bonds. The molecule has 0 saturated carbocycles. The van der Waals surface area contributed by atoms with Crippen LogP contribution in [0.1, 0.15) is 74.1 Å². The maximum Gasteiger partial charge on any atom is 0.206 e. The van der Waals surface area contributed by atoms with Gasteiger partial charge in [0.2, 0.25) is 6.54 Å². The van der Waals surface area contributed by atoms with Crippen LogP contribution in [0.4, 0.5) is 0 Å². The Balaban J connectivity index is 0. The molecular formula is C16H35NO2. The average Bonchev–Trinajstić information content (AvgIpc) is 2.26. The van der Waals surface area contributed by atoms with Crippen LogP contribution in [0.2, 0.25) is 0 Å². The Kier molecular flexibility index (Phi) is 13.6. The number of hydrogen-bond donors (Lipinski definition) is 0. The molecule has 0 aliphatic carbocycles. The standard InChI is InChI=1S/C8H17NO2.C8H18/c1-4-8(5-7(2)3)6-9(10)11;1-5-8(4)6-7(2)3/h7-8H,4-6H2,1-3H3;7-8H,5-6H2,1-4H3/t2*8-/m10/s1. The van der Waals surface area contributed by atoms with Crippen molar-refractivity contribution in [2.45, 2.75) is 74.1 Å². The number of hydrogen-bond acceptors (Lipinski definition) is 2. The third-order valence-electron chi connectivity index (χ3n) is 3.36. The highest BCUT2D eigenvalue weighted by Crippen LogP contribution is 2.14. The summed E-state index contributed by atoms with van der Waals surface area (Å²) in [7, 11) is 0. The van der Waals surface area contributed by atoms with Crippen molar-refractivity contribution in [2.75, 3.05) is 6.54 Å². The molecule has 0 radical (unpaired) electrons. The zero-order valence-corrected chi connectivity index (χ0v) is 14.1. The molecule has 0 heterocycles. The summed E-state index contributed by atoms with van der Waals surface area (Å²) in [5, 5.41) is 10.2. The Hall–Kier alpha value is -0.600. The predicted molar refractivity (Wildman–Crippen MR) is 84.0 cm³/mol. The van der Waals surface area contributed by atoms with E-state index in [1.165, 1.54) is 12.8 Å². The molecule has 116 valence electrons. The zero-order valence-electron chi connectivity index (χ0n) is 14.1. The Morgan fingerprint density at radius 2 is 1.37 bits per heavy atom. The smallest absolute Gasteiger partial charge is 0.206 e. The van der Waals surface area contributed by atoms with Crippen LogP contribution >= 0.6 is 0 Å². The van der Waals surface area contributed by atoms with Gasteiger partial charge < -0.3 is 0 Å². The van der Waals surface area contributed by atoms with Crippen LogP contribution in [0, 0.1) is 33.8 Å². The van der Waals surface area contributed by atoms with E-state index in [1.54, 1.807) is 0 Å². The first kappa shape index (κ1) is 20.7.